The molecule has 0 radical (unpaired) electrons. The number of fused-ring (bicyclic) bond motifs is 1. The SMILES string of the molecule is COc1ccc(-c2nsc(NC(=O)CC3CCc4ccccc43)n2)cc1. The summed E-state index contributed by atoms with van der Waals surface area (Å²) in [7, 11) is 1.63. The van der Waals surface area contributed by atoms with Crippen molar-refractivity contribution in [2.24, 2.45) is 0 Å². The Morgan fingerprint density at radius 3 is 2.85 bits per heavy atom. The van der Waals surface area contributed by atoms with Crippen molar-refractivity contribution in [3.8, 4) is 17.1 Å². The summed E-state index contributed by atoms with van der Waals surface area (Å²) >= 11 is 1.20. The molecule has 1 aliphatic rings. The molecule has 2 aromatic carbocycles. The van der Waals surface area contributed by atoms with Gasteiger partial charge < -0.3 is 10.1 Å². The van der Waals surface area contributed by atoms with Gasteiger partial charge in [-0.25, -0.2) is 0 Å². The highest BCUT2D eigenvalue weighted by Gasteiger charge is 2.24. The van der Waals surface area contributed by atoms with Crippen LogP contribution in [0, 0.1) is 0 Å². The number of benzene rings is 2. The number of ether oxygens (including phenoxy) is 1. The third kappa shape index (κ3) is 3.46. The fraction of sp³-hybridized carbons (Fsp3) is 0.250. The Balaban J connectivity index is 1.40. The van der Waals surface area contributed by atoms with Crippen LogP contribution < -0.4 is 10.1 Å². The molecule has 0 fully saturated rings. The van der Waals surface area contributed by atoms with Crippen LogP contribution in [0.1, 0.15) is 29.9 Å². The first kappa shape index (κ1) is 16.7. The maximum Gasteiger partial charge on any atom is 0.226 e. The number of methoxy groups -OCH3 is 1. The molecule has 1 aromatic heterocycles. The molecule has 1 atom stereocenters. The van der Waals surface area contributed by atoms with E-state index in [-0.39, 0.29) is 5.91 Å². The van der Waals surface area contributed by atoms with Gasteiger partial charge in [0.1, 0.15) is 5.75 Å². The number of anilines is 1. The van der Waals surface area contributed by atoms with Crippen LogP contribution in [0.2, 0.25) is 0 Å². The normalized spacial score (nSPS) is 15.5. The van der Waals surface area contributed by atoms with Gasteiger partial charge in [0.05, 0.1) is 7.11 Å². The summed E-state index contributed by atoms with van der Waals surface area (Å²) in [6, 6.07) is 15.9. The molecular formula is C20H19N3O2S. The van der Waals surface area contributed by atoms with Crippen molar-refractivity contribution in [3.05, 3.63) is 59.7 Å². The Labute approximate surface area is 156 Å². The minimum Gasteiger partial charge on any atom is -0.497 e. The molecular weight excluding hydrogens is 346 g/mol. The Hall–Kier alpha value is -2.73. The zero-order valence-corrected chi connectivity index (χ0v) is 15.3. The molecule has 0 spiro atoms. The van der Waals surface area contributed by atoms with Crippen LogP contribution >= 0.6 is 11.5 Å². The van der Waals surface area contributed by atoms with E-state index in [1.807, 2.05) is 30.3 Å². The lowest BCUT2D eigenvalue weighted by atomic mass is 9.97. The third-order valence-corrected chi connectivity index (χ3v) is 5.34. The van der Waals surface area contributed by atoms with E-state index in [0.717, 1.165) is 24.2 Å². The van der Waals surface area contributed by atoms with Crippen molar-refractivity contribution in [3.63, 3.8) is 0 Å². The highest BCUT2D eigenvalue weighted by atomic mass is 32.1. The Bertz CT molecular complexity index is 921. The average molecular weight is 365 g/mol. The number of hydrogen-bond donors (Lipinski definition) is 1. The van der Waals surface area contributed by atoms with E-state index in [9.17, 15) is 4.79 Å². The Kier molecular flexibility index (Phi) is 4.67. The van der Waals surface area contributed by atoms with Gasteiger partial charge in [-0.05, 0) is 54.2 Å². The first-order chi connectivity index (χ1) is 12.7. The van der Waals surface area contributed by atoms with Crippen molar-refractivity contribution in [2.45, 2.75) is 25.2 Å². The standard InChI is InChI=1S/C20H19N3O2S/c1-25-16-10-8-14(9-11-16)19-22-20(26-23-19)21-18(24)12-15-7-6-13-4-2-3-5-17(13)15/h2-5,8-11,15H,6-7,12H2,1H3,(H,21,22,23,24). The maximum absolute atomic E-state index is 12.4. The number of rotatable bonds is 5. The molecule has 1 N–H and O–H groups in total. The van der Waals surface area contributed by atoms with Crippen LogP contribution in [0.5, 0.6) is 5.75 Å². The van der Waals surface area contributed by atoms with Crippen LogP contribution in [0.15, 0.2) is 48.5 Å². The van der Waals surface area contributed by atoms with E-state index >= 15 is 0 Å². The average Bonchev–Trinajstić information content (AvgIpc) is 3.29. The van der Waals surface area contributed by atoms with Gasteiger partial charge in [0.15, 0.2) is 5.82 Å². The second-order valence-corrected chi connectivity index (χ2v) is 7.09. The van der Waals surface area contributed by atoms with Gasteiger partial charge >= 0.3 is 0 Å². The molecule has 4 rings (SSSR count). The molecule has 0 bridgehead atoms. The minimum absolute atomic E-state index is 0.0101. The second-order valence-electron chi connectivity index (χ2n) is 6.34. The zero-order valence-electron chi connectivity index (χ0n) is 14.4. The summed E-state index contributed by atoms with van der Waals surface area (Å²) in [4.78, 5) is 16.8. The molecule has 1 unspecified atom stereocenters. The Morgan fingerprint density at radius 1 is 1.23 bits per heavy atom. The molecule has 3 aromatic rings. The van der Waals surface area contributed by atoms with E-state index in [1.54, 1.807) is 7.11 Å². The number of nitrogens with zero attached hydrogens (tertiary/aromatic N) is 2. The smallest absolute Gasteiger partial charge is 0.226 e. The molecule has 5 nitrogen and oxygen atoms in total. The van der Waals surface area contributed by atoms with Gasteiger partial charge in [0.2, 0.25) is 11.0 Å². The molecule has 1 amide bonds. The van der Waals surface area contributed by atoms with E-state index in [0.29, 0.717) is 23.3 Å². The first-order valence-electron chi connectivity index (χ1n) is 8.59. The predicted molar refractivity (Wildman–Crippen MR) is 103 cm³/mol. The highest BCUT2D eigenvalue weighted by molar-refractivity contribution is 7.10. The monoisotopic (exact) mass is 365 g/mol. The van der Waals surface area contributed by atoms with Gasteiger partial charge in [-0.1, -0.05) is 24.3 Å². The molecule has 1 heterocycles. The summed E-state index contributed by atoms with van der Waals surface area (Å²) in [6.45, 7) is 0. The van der Waals surface area contributed by atoms with Gasteiger partial charge in [-0.15, -0.1) is 0 Å². The van der Waals surface area contributed by atoms with Crippen LogP contribution in [-0.4, -0.2) is 22.4 Å². The fourth-order valence-corrected chi connectivity index (χ4v) is 3.99. The number of aryl methyl sites for hydroxylation is 1. The molecule has 0 saturated carbocycles. The van der Waals surface area contributed by atoms with E-state index in [4.69, 9.17) is 4.74 Å². The fourth-order valence-electron chi connectivity index (χ4n) is 3.38. The summed E-state index contributed by atoms with van der Waals surface area (Å²) in [6.07, 6.45) is 2.56. The number of nitrogens with one attached hydrogen (secondary N) is 1. The van der Waals surface area contributed by atoms with E-state index < -0.39 is 0 Å². The largest absolute Gasteiger partial charge is 0.497 e. The van der Waals surface area contributed by atoms with Gasteiger partial charge in [-0.2, -0.15) is 9.36 Å². The van der Waals surface area contributed by atoms with E-state index in [2.05, 4.69) is 32.9 Å². The number of carbonyl (C=O) groups is 1. The molecule has 1 aliphatic carbocycles. The zero-order chi connectivity index (χ0) is 17.9. The van der Waals surface area contributed by atoms with Crippen LogP contribution in [-0.2, 0) is 11.2 Å². The highest BCUT2D eigenvalue weighted by Crippen LogP contribution is 2.35. The maximum atomic E-state index is 12.4. The van der Waals surface area contributed by atoms with Crippen LogP contribution in [0.4, 0.5) is 5.13 Å². The van der Waals surface area contributed by atoms with Gasteiger partial charge in [0, 0.05) is 23.5 Å². The second kappa shape index (κ2) is 7.25. The van der Waals surface area contributed by atoms with Crippen molar-refractivity contribution in [1.82, 2.24) is 9.36 Å². The number of aromatic nitrogens is 2. The minimum atomic E-state index is -0.0101. The quantitative estimate of drug-likeness (QED) is 0.733. The molecule has 0 aliphatic heterocycles. The van der Waals surface area contributed by atoms with Crippen molar-refractivity contribution < 1.29 is 9.53 Å². The van der Waals surface area contributed by atoms with Gasteiger partial charge in [-0.3, -0.25) is 4.79 Å². The van der Waals surface area contributed by atoms with Crippen molar-refractivity contribution in [1.29, 1.82) is 0 Å². The van der Waals surface area contributed by atoms with Crippen molar-refractivity contribution in [2.75, 3.05) is 12.4 Å². The lowest BCUT2D eigenvalue weighted by Crippen LogP contribution is -2.14. The lowest BCUT2D eigenvalue weighted by molar-refractivity contribution is -0.116. The predicted octanol–water partition coefficient (Wildman–Crippen LogP) is 4.27. The number of hydrogen-bond acceptors (Lipinski definition) is 5. The molecule has 26 heavy (non-hydrogen) atoms. The molecule has 132 valence electrons. The van der Waals surface area contributed by atoms with Gasteiger partial charge in [0.25, 0.3) is 0 Å². The lowest BCUT2D eigenvalue weighted by Gasteiger charge is -2.10. The van der Waals surface area contributed by atoms with E-state index in [1.165, 1.54) is 22.7 Å². The van der Waals surface area contributed by atoms with Crippen molar-refractivity contribution >= 4 is 22.6 Å². The topological polar surface area (TPSA) is 64.1 Å². The summed E-state index contributed by atoms with van der Waals surface area (Å²) in [5.41, 5.74) is 3.56. The number of amides is 1. The summed E-state index contributed by atoms with van der Waals surface area (Å²) in [5, 5.41) is 3.43. The third-order valence-electron chi connectivity index (χ3n) is 4.71. The number of carbonyl (C=O) groups excluding carboxylic acids is 1. The van der Waals surface area contributed by atoms with Crippen LogP contribution in [0.3, 0.4) is 0 Å². The van der Waals surface area contributed by atoms with Crippen LogP contribution in [0.25, 0.3) is 11.4 Å². The first-order valence-corrected chi connectivity index (χ1v) is 9.36. The Morgan fingerprint density at radius 2 is 2.04 bits per heavy atom. The molecule has 0 saturated heterocycles. The summed E-state index contributed by atoms with van der Waals surface area (Å²) in [5.74, 6) is 1.68. The summed E-state index contributed by atoms with van der Waals surface area (Å²) < 4.78 is 9.49. The molecule has 6 heteroatoms.